The lowest BCUT2D eigenvalue weighted by molar-refractivity contribution is -0.910. The summed E-state index contributed by atoms with van der Waals surface area (Å²) in [6, 6.07) is 15.1. The highest BCUT2D eigenvalue weighted by Crippen LogP contribution is 2.04. The van der Waals surface area contributed by atoms with Gasteiger partial charge in [0.1, 0.15) is 12.4 Å². The Hall–Kier alpha value is -1.98. The van der Waals surface area contributed by atoms with Gasteiger partial charge in [-0.2, -0.15) is 0 Å². The fourth-order valence-electron chi connectivity index (χ4n) is 2.59. The molecule has 2 rings (SSSR count). The number of benzene rings is 2. The largest absolute Gasteiger partial charge is 0.359 e. The summed E-state index contributed by atoms with van der Waals surface area (Å²) in [5.41, 5.74) is 3.55. The van der Waals surface area contributed by atoms with E-state index in [2.05, 4.69) is 48.7 Å². The molecule has 0 atom stereocenters. The molecule has 2 aromatic carbocycles. The van der Waals surface area contributed by atoms with E-state index in [9.17, 15) is 4.39 Å². The van der Waals surface area contributed by atoms with Crippen molar-refractivity contribution in [2.75, 3.05) is 13.1 Å². The lowest BCUT2D eigenvalue weighted by atomic mass is 10.1. The van der Waals surface area contributed by atoms with E-state index in [1.165, 1.54) is 23.3 Å². The molecule has 2 aromatic rings. The molecule has 0 fully saturated rings. The quantitative estimate of drug-likeness (QED) is 0.632. The Kier molecular flexibility index (Phi) is 7.82. The van der Waals surface area contributed by atoms with E-state index >= 15 is 0 Å². The number of rotatable bonds is 8. The fourth-order valence-corrected chi connectivity index (χ4v) is 2.74. The number of nitrogens with one attached hydrogen (secondary N) is 3. The molecule has 0 saturated carbocycles. The number of hydrogen-bond donors (Lipinski definition) is 3. The maximum Gasteiger partial charge on any atom is 0.166 e. The molecule has 0 spiro atoms. The molecule has 134 valence electrons. The second-order valence-corrected chi connectivity index (χ2v) is 6.52. The van der Waals surface area contributed by atoms with Crippen LogP contribution in [0.15, 0.2) is 48.5 Å². The van der Waals surface area contributed by atoms with Crippen molar-refractivity contribution in [1.29, 1.82) is 0 Å². The van der Waals surface area contributed by atoms with Crippen molar-refractivity contribution in [2.45, 2.75) is 33.5 Å². The van der Waals surface area contributed by atoms with Crippen LogP contribution in [0.25, 0.3) is 0 Å². The fraction of sp³-hybridized carbons (Fsp3) is 0.350. The van der Waals surface area contributed by atoms with Gasteiger partial charge in [-0.3, -0.25) is 0 Å². The molecule has 0 amide bonds. The van der Waals surface area contributed by atoms with Crippen LogP contribution in [-0.4, -0.2) is 18.2 Å². The van der Waals surface area contributed by atoms with Gasteiger partial charge in [-0.05, 0) is 49.3 Å². The van der Waals surface area contributed by atoms with Crippen molar-refractivity contribution in [3.05, 3.63) is 71.0 Å². The van der Waals surface area contributed by atoms with Crippen molar-refractivity contribution in [3.63, 3.8) is 0 Å². The molecule has 25 heavy (non-hydrogen) atoms. The topological polar surface area (TPSA) is 28.5 Å². The minimum absolute atomic E-state index is 0.226. The van der Waals surface area contributed by atoms with Gasteiger partial charge in [-0.15, -0.1) is 0 Å². The number of halogens is 1. The van der Waals surface area contributed by atoms with E-state index in [1.807, 2.05) is 0 Å². The van der Waals surface area contributed by atoms with Gasteiger partial charge in [0.2, 0.25) is 0 Å². The average Bonchev–Trinajstić information content (AvgIpc) is 2.65. The molecule has 0 unspecified atom stereocenters. The number of thiocarbonyl (C=S) groups is 1. The van der Waals surface area contributed by atoms with Crippen molar-refractivity contribution in [1.82, 2.24) is 10.6 Å². The van der Waals surface area contributed by atoms with Crippen LogP contribution in [0.3, 0.4) is 0 Å². The van der Waals surface area contributed by atoms with Crippen molar-refractivity contribution >= 4 is 17.3 Å². The third-order valence-corrected chi connectivity index (χ3v) is 4.59. The molecule has 0 aromatic heterocycles. The highest BCUT2D eigenvalue weighted by atomic mass is 32.1. The molecule has 0 aliphatic carbocycles. The zero-order chi connectivity index (χ0) is 18.1. The summed E-state index contributed by atoms with van der Waals surface area (Å²) in [5, 5.41) is 6.94. The van der Waals surface area contributed by atoms with Crippen LogP contribution in [0, 0.1) is 5.82 Å². The number of quaternary nitrogens is 1. The van der Waals surface area contributed by atoms with Crippen molar-refractivity contribution < 1.29 is 9.29 Å². The maximum atomic E-state index is 12.9. The zero-order valence-electron chi connectivity index (χ0n) is 14.9. The number of hydrogen-bond acceptors (Lipinski definition) is 1. The van der Waals surface area contributed by atoms with Gasteiger partial charge in [0.25, 0.3) is 0 Å². The first-order valence-electron chi connectivity index (χ1n) is 8.78. The van der Waals surface area contributed by atoms with Gasteiger partial charge < -0.3 is 15.5 Å². The maximum absolute atomic E-state index is 12.9. The summed E-state index contributed by atoms with van der Waals surface area (Å²) in [6.07, 6.45) is 0. The second kappa shape index (κ2) is 10.1. The standard InChI is InChI=1S/C20H26FN3S/c1-3-24(4-2)15-18-7-5-16(6-8-18)13-22-20(25)23-14-17-9-11-19(21)12-10-17/h5-12H,3-4,13-15H2,1-2H3,(H2,22,23,25)/p+1. The van der Waals surface area contributed by atoms with Crippen molar-refractivity contribution in [3.8, 4) is 0 Å². The van der Waals surface area contributed by atoms with E-state index in [-0.39, 0.29) is 5.82 Å². The summed E-state index contributed by atoms with van der Waals surface area (Å²) < 4.78 is 12.9. The van der Waals surface area contributed by atoms with Crippen LogP contribution in [0.1, 0.15) is 30.5 Å². The highest BCUT2D eigenvalue weighted by molar-refractivity contribution is 7.80. The molecule has 0 saturated heterocycles. The van der Waals surface area contributed by atoms with Crippen LogP contribution in [-0.2, 0) is 19.6 Å². The Morgan fingerprint density at radius 2 is 1.28 bits per heavy atom. The first kappa shape index (κ1) is 19.3. The van der Waals surface area contributed by atoms with Crippen LogP contribution < -0.4 is 15.5 Å². The zero-order valence-corrected chi connectivity index (χ0v) is 15.8. The monoisotopic (exact) mass is 360 g/mol. The lowest BCUT2D eigenvalue weighted by Gasteiger charge is -2.15. The minimum Gasteiger partial charge on any atom is -0.359 e. The van der Waals surface area contributed by atoms with Crippen LogP contribution in [0.5, 0.6) is 0 Å². The first-order valence-corrected chi connectivity index (χ1v) is 9.19. The highest BCUT2D eigenvalue weighted by Gasteiger charge is 2.04. The van der Waals surface area contributed by atoms with Gasteiger partial charge in [0, 0.05) is 18.7 Å². The summed E-state index contributed by atoms with van der Waals surface area (Å²) in [6.45, 7) is 9.07. The Morgan fingerprint density at radius 3 is 1.76 bits per heavy atom. The summed E-state index contributed by atoms with van der Waals surface area (Å²) in [7, 11) is 0. The lowest BCUT2D eigenvalue weighted by Crippen LogP contribution is -3.10. The minimum atomic E-state index is -0.226. The van der Waals surface area contributed by atoms with E-state index in [0.717, 1.165) is 25.2 Å². The molecule has 0 aliphatic heterocycles. The van der Waals surface area contributed by atoms with Crippen molar-refractivity contribution in [2.24, 2.45) is 0 Å². The summed E-state index contributed by atoms with van der Waals surface area (Å²) >= 11 is 5.29. The van der Waals surface area contributed by atoms with Crippen LogP contribution in [0.4, 0.5) is 4.39 Å². The normalized spacial score (nSPS) is 10.7. The Bertz CT molecular complexity index is 652. The molecular weight excluding hydrogens is 333 g/mol. The smallest absolute Gasteiger partial charge is 0.166 e. The van der Waals surface area contributed by atoms with Gasteiger partial charge in [0.15, 0.2) is 5.11 Å². The van der Waals surface area contributed by atoms with Gasteiger partial charge in [-0.25, -0.2) is 4.39 Å². The molecule has 3 N–H and O–H groups in total. The molecule has 3 nitrogen and oxygen atoms in total. The Balaban J connectivity index is 1.74. The third-order valence-electron chi connectivity index (χ3n) is 4.30. The van der Waals surface area contributed by atoms with E-state index < -0.39 is 0 Å². The van der Waals surface area contributed by atoms with Gasteiger partial charge in [-0.1, -0.05) is 36.4 Å². The molecule has 0 heterocycles. The van der Waals surface area contributed by atoms with Crippen LogP contribution >= 0.6 is 12.2 Å². The predicted molar refractivity (Wildman–Crippen MR) is 105 cm³/mol. The SMILES string of the molecule is CC[NH+](CC)Cc1ccc(CNC(=S)NCc2ccc(F)cc2)cc1. The van der Waals surface area contributed by atoms with Gasteiger partial charge >= 0.3 is 0 Å². The van der Waals surface area contributed by atoms with E-state index in [0.29, 0.717) is 18.2 Å². The molecule has 5 heteroatoms. The van der Waals surface area contributed by atoms with Gasteiger partial charge in [0.05, 0.1) is 13.1 Å². The molecule has 0 bridgehead atoms. The summed E-state index contributed by atoms with van der Waals surface area (Å²) in [4.78, 5) is 1.58. The third kappa shape index (κ3) is 6.80. The molecular formula is C20H27FN3S+. The van der Waals surface area contributed by atoms with E-state index in [1.54, 1.807) is 17.0 Å². The average molecular weight is 361 g/mol. The van der Waals surface area contributed by atoms with E-state index in [4.69, 9.17) is 12.2 Å². The molecule has 0 radical (unpaired) electrons. The first-order chi connectivity index (χ1) is 12.1. The summed E-state index contributed by atoms with van der Waals surface area (Å²) in [5.74, 6) is -0.226. The predicted octanol–water partition coefficient (Wildman–Crippen LogP) is 2.41. The Morgan fingerprint density at radius 1 is 0.840 bits per heavy atom. The Labute approximate surface area is 155 Å². The second-order valence-electron chi connectivity index (χ2n) is 6.11. The molecule has 0 aliphatic rings. The van der Waals surface area contributed by atoms with Crippen LogP contribution in [0.2, 0.25) is 0 Å².